The molecule has 0 fully saturated rings. The molecule has 2 aromatic heterocycles. The highest BCUT2D eigenvalue weighted by Gasteiger charge is 2.23. The molecule has 32 heavy (non-hydrogen) atoms. The van der Waals surface area contributed by atoms with Crippen LogP contribution in [0.25, 0.3) is 22.2 Å². The minimum absolute atomic E-state index is 0.222. The second-order valence-electron chi connectivity index (χ2n) is 8.13. The Balaban J connectivity index is 1.80. The number of carbonyl (C=O) groups is 1. The van der Waals surface area contributed by atoms with Gasteiger partial charge in [-0.15, -0.1) is 0 Å². The van der Waals surface area contributed by atoms with Crippen LogP contribution in [0.2, 0.25) is 0 Å². The Labute approximate surface area is 187 Å². The second-order valence-corrected chi connectivity index (χ2v) is 8.13. The summed E-state index contributed by atoms with van der Waals surface area (Å²) in [5.41, 5.74) is 11.2. The van der Waals surface area contributed by atoms with Gasteiger partial charge in [0.05, 0.1) is 17.2 Å². The van der Waals surface area contributed by atoms with E-state index in [9.17, 15) is 4.79 Å². The maximum Gasteiger partial charge on any atom is 0.257 e. The summed E-state index contributed by atoms with van der Waals surface area (Å²) >= 11 is 0. The number of nitrogens with zero attached hydrogens (tertiary/aromatic N) is 4. The minimum atomic E-state index is -0.263. The smallest absolute Gasteiger partial charge is 0.257 e. The van der Waals surface area contributed by atoms with Gasteiger partial charge in [0.2, 0.25) is 0 Å². The highest BCUT2D eigenvalue weighted by atomic mass is 16.1. The van der Waals surface area contributed by atoms with E-state index in [4.69, 9.17) is 15.7 Å². The van der Waals surface area contributed by atoms with Gasteiger partial charge in [0.1, 0.15) is 16.9 Å². The van der Waals surface area contributed by atoms with Crippen LogP contribution in [0.4, 0.5) is 5.82 Å². The van der Waals surface area contributed by atoms with Crippen LogP contribution in [-0.4, -0.2) is 33.3 Å². The Bertz CT molecular complexity index is 1290. The number of nitrogens with one attached hydrogen (secondary N) is 1. The number of unbranched alkanes of at least 4 members (excludes halogenated alkanes) is 1. The van der Waals surface area contributed by atoms with Gasteiger partial charge in [0.25, 0.3) is 5.91 Å². The van der Waals surface area contributed by atoms with Gasteiger partial charge in [0, 0.05) is 6.54 Å². The number of benzene rings is 2. The molecular formula is C25H28N6O. The van der Waals surface area contributed by atoms with Gasteiger partial charge in [-0.3, -0.25) is 4.79 Å². The third-order valence-corrected chi connectivity index (χ3v) is 5.44. The first-order chi connectivity index (χ1) is 15.5. The number of carbonyl (C=O) groups excluding carboxylic acids is 1. The van der Waals surface area contributed by atoms with Crippen LogP contribution in [0, 0.1) is 0 Å². The van der Waals surface area contributed by atoms with Crippen molar-refractivity contribution in [1.29, 1.82) is 0 Å². The average molecular weight is 429 g/mol. The fourth-order valence-electron chi connectivity index (χ4n) is 3.55. The van der Waals surface area contributed by atoms with Crippen LogP contribution in [0.5, 0.6) is 0 Å². The van der Waals surface area contributed by atoms with Crippen molar-refractivity contribution in [2.24, 2.45) is 5.10 Å². The topological polar surface area (TPSA) is 98.2 Å². The fraction of sp³-hybridized carbons (Fsp3) is 0.280. The lowest BCUT2D eigenvalue weighted by atomic mass is 10.0. The normalized spacial score (nSPS) is 11.8. The van der Waals surface area contributed by atoms with Crippen LogP contribution in [0.1, 0.15) is 61.0 Å². The zero-order valence-corrected chi connectivity index (χ0v) is 18.7. The number of fused-ring (bicyclic) bond motifs is 2. The van der Waals surface area contributed by atoms with Crippen molar-refractivity contribution in [3.05, 3.63) is 65.2 Å². The van der Waals surface area contributed by atoms with E-state index in [1.807, 2.05) is 36.4 Å². The first kappa shape index (κ1) is 21.5. The standard InChI is InChI=1S/C25H28N6O/c1-4-5-14-27-25(32)21-22-24(30-20-9-7-6-8-19(20)29-22)31(23(21)26)28-15-17-10-12-18(13-11-17)16(2)3/h6-13,15-16H,4-5,14,26H2,1-3H3,(H,27,32)/b28-15+. The Morgan fingerprint density at radius 1 is 1.12 bits per heavy atom. The van der Waals surface area contributed by atoms with Crippen molar-refractivity contribution in [2.75, 3.05) is 12.3 Å². The Kier molecular flexibility index (Phi) is 6.16. The largest absolute Gasteiger partial charge is 0.383 e. The number of rotatable bonds is 7. The molecule has 7 heteroatoms. The first-order valence-electron chi connectivity index (χ1n) is 11.0. The van der Waals surface area contributed by atoms with Crippen molar-refractivity contribution in [1.82, 2.24) is 20.0 Å². The highest BCUT2D eigenvalue weighted by Crippen LogP contribution is 2.28. The SMILES string of the molecule is CCCCNC(=O)c1c(N)n(/N=C/c2ccc(C(C)C)cc2)c2nc3ccccc3nc12. The summed E-state index contributed by atoms with van der Waals surface area (Å²) in [5, 5.41) is 7.50. The molecule has 2 aromatic carbocycles. The first-order valence-corrected chi connectivity index (χ1v) is 11.0. The van der Waals surface area contributed by atoms with Gasteiger partial charge in [0.15, 0.2) is 5.65 Å². The Morgan fingerprint density at radius 3 is 2.47 bits per heavy atom. The highest BCUT2D eigenvalue weighted by molar-refractivity contribution is 6.10. The molecule has 0 saturated carbocycles. The zero-order chi connectivity index (χ0) is 22.7. The molecule has 0 aliphatic carbocycles. The lowest BCUT2D eigenvalue weighted by Crippen LogP contribution is -2.25. The molecule has 0 spiro atoms. The predicted molar refractivity (Wildman–Crippen MR) is 130 cm³/mol. The number of anilines is 1. The monoisotopic (exact) mass is 428 g/mol. The van der Waals surface area contributed by atoms with E-state index in [1.165, 1.54) is 10.2 Å². The van der Waals surface area contributed by atoms with Crippen molar-refractivity contribution in [2.45, 2.75) is 39.5 Å². The summed E-state index contributed by atoms with van der Waals surface area (Å²) in [6.07, 6.45) is 3.60. The molecular weight excluding hydrogens is 400 g/mol. The third kappa shape index (κ3) is 4.19. The van der Waals surface area contributed by atoms with Crippen LogP contribution in [-0.2, 0) is 0 Å². The summed E-state index contributed by atoms with van der Waals surface area (Å²) in [4.78, 5) is 22.4. The summed E-state index contributed by atoms with van der Waals surface area (Å²) in [6, 6.07) is 15.7. The van der Waals surface area contributed by atoms with E-state index < -0.39 is 0 Å². The Morgan fingerprint density at radius 2 is 1.81 bits per heavy atom. The molecule has 0 saturated heterocycles. The summed E-state index contributed by atoms with van der Waals surface area (Å²) in [7, 11) is 0. The van der Waals surface area contributed by atoms with Gasteiger partial charge < -0.3 is 11.1 Å². The van der Waals surface area contributed by atoms with Gasteiger partial charge in [-0.2, -0.15) is 9.78 Å². The van der Waals surface area contributed by atoms with E-state index in [0.717, 1.165) is 18.4 Å². The summed E-state index contributed by atoms with van der Waals surface area (Å²) in [5.74, 6) is 0.419. The van der Waals surface area contributed by atoms with Crippen molar-refractivity contribution >= 4 is 40.1 Å². The molecule has 0 aliphatic rings. The zero-order valence-electron chi connectivity index (χ0n) is 18.7. The third-order valence-electron chi connectivity index (χ3n) is 5.44. The maximum absolute atomic E-state index is 13.0. The van der Waals surface area contributed by atoms with Crippen molar-refractivity contribution in [3.63, 3.8) is 0 Å². The molecule has 164 valence electrons. The van der Waals surface area contributed by atoms with Gasteiger partial charge in [-0.05, 0) is 35.6 Å². The van der Waals surface area contributed by atoms with Crippen LogP contribution in [0.15, 0.2) is 53.6 Å². The number of para-hydroxylation sites is 2. The predicted octanol–water partition coefficient (Wildman–Crippen LogP) is 4.70. The van der Waals surface area contributed by atoms with Gasteiger partial charge in [-0.25, -0.2) is 9.97 Å². The Hall–Kier alpha value is -3.74. The minimum Gasteiger partial charge on any atom is -0.383 e. The lowest BCUT2D eigenvalue weighted by Gasteiger charge is -2.05. The summed E-state index contributed by atoms with van der Waals surface area (Å²) in [6.45, 7) is 6.97. The molecule has 0 aliphatic heterocycles. The molecule has 4 rings (SSSR count). The van der Waals surface area contributed by atoms with Crippen LogP contribution in [0.3, 0.4) is 0 Å². The number of nitrogens with two attached hydrogens (primary N) is 1. The number of hydrogen-bond donors (Lipinski definition) is 2. The van der Waals surface area contributed by atoms with Gasteiger partial charge in [-0.1, -0.05) is 63.6 Å². The number of amides is 1. The van der Waals surface area contributed by atoms with Crippen molar-refractivity contribution < 1.29 is 4.79 Å². The molecule has 2 heterocycles. The molecule has 0 bridgehead atoms. The maximum atomic E-state index is 13.0. The fourth-order valence-corrected chi connectivity index (χ4v) is 3.55. The van der Waals surface area contributed by atoms with E-state index >= 15 is 0 Å². The van der Waals surface area contributed by atoms with Crippen molar-refractivity contribution in [3.8, 4) is 0 Å². The lowest BCUT2D eigenvalue weighted by molar-refractivity contribution is 0.0955. The van der Waals surface area contributed by atoms with E-state index in [-0.39, 0.29) is 11.7 Å². The van der Waals surface area contributed by atoms with E-state index in [0.29, 0.717) is 40.2 Å². The summed E-state index contributed by atoms with van der Waals surface area (Å²) < 4.78 is 1.50. The molecule has 1 amide bonds. The number of aromatic nitrogens is 3. The molecule has 7 nitrogen and oxygen atoms in total. The molecule has 0 radical (unpaired) electrons. The molecule has 4 aromatic rings. The average Bonchev–Trinajstić information content (AvgIpc) is 3.06. The van der Waals surface area contributed by atoms with E-state index in [2.05, 4.69) is 43.3 Å². The van der Waals surface area contributed by atoms with Crippen LogP contribution < -0.4 is 11.1 Å². The van der Waals surface area contributed by atoms with Gasteiger partial charge >= 0.3 is 0 Å². The molecule has 0 unspecified atom stereocenters. The quantitative estimate of drug-likeness (QED) is 0.329. The number of hydrogen-bond acceptors (Lipinski definition) is 5. The van der Waals surface area contributed by atoms with E-state index in [1.54, 1.807) is 6.21 Å². The molecule has 0 atom stereocenters. The van der Waals surface area contributed by atoms with Crippen LogP contribution >= 0.6 is 0 Å². The molecule has 3 N–H and O–H groups in total. The number of nitrogen functional groups attached to an aromatic ring is 1. The second kappa shape index (κ2) is 9.18.